The summed E-state index contributed by atoms with van der Waals surface area (Å²) in [5.41, 5.74) is 14.0. The molecule has 7 aromatic carbocycles. The van der Waals surface area contributed by atoms with E-state index in [0.29, 0.717) is 0 Å². The molecule has 7 aromatic rings. The summed E-state index contributed by atoms with van der Waals surface area (Å²) >= 11 is 0. The quantitative estimate of drug-likeness (QED) is 0.123. The maximum atomic E-state index is 3.34. The second-order valence-corrected chi connectivity index (χ2v) is 14.1. The van der Waals surface area contributed by atoms with Gasteiger partial charge in [0.2, 0.25) is 0 Å². The van der Waals surface area contributed by atoms with E-state index in [1.807, 2.05) is 12.1 Å². The van der Waals surface area contributed by atoms with Crippen molar-refractivity contribution >= 4 is 56.9 Å². The summed E-state index contributed by atoms with van der Waals surface area (Å²) in [6, 6.07) is 62.3. The molecule has 0 N–H and O–H groups in total. The van der Waals surface area contributed by atoms with Gasteiger partial charge in [0.15, 0.2) is 0 Å². The van der Waals surface area contributed by atoms with Gasteiger partial charge in [-0.2, -0.15) is 0 Å². The van der Waals surface area contributed by atoms with Gasteiger partial charge in [0.05, 0.1) is 11.4 Å². The summed E-state index contributed by atoms with van der Waals surface area (Å²) in [5.74, 6) is 0. The van der Waals surface area contributed by atoms with Crippen LogP contribution < -0.4 is 9.80 Å². The van der Waals surface area contributed by atoms with Crippen molar-refractivity contribution in [2.24, 2.45) is 0 Å². The van der Waals surface area contributed by atoms with Crippen molar-refractivity contribution in [3.05, 3.63) is 240 Å². The largest absolute Gasteiger partial charge is 0.309 e. The fraction of sp³-hybridized carbons (Fsp3) is 0.0741. The highest BCUT2D eigenvalue weighted by molar-refractivity contribution is 6.03. The number of nitrogens with zero attached hydrogens (tertiary/aromatic N) is 2. The highest BCUT2D eigenvalue weighted by Crippen LogP contribution is 2.42. The van der Waals surface area contributed by atoms with Crippen molar-refractivity contribution in [2.75, 3.05) is 9.80 Å². The standard InChI is InChI=1S/C54H44N2/c1-41-20-12-18-32-52(41)56(53-33-19-13-21-42(53)2)54-39-36-46(49-30-16-17-31-50(49)54)27-15-14-22-43-34-37-48(38-35-43)55(47-28-10-5-11-29-47)40-51(44-23-6-3-7-24-44)45-25-8-4-9-26-45/h3-8,10,12-25,27-28,30-40H,9,26H2,1-2H3/b22-14+,27-15+,51-40-. The summed E-state index contributed by atoms with van der Waals surface area (Å²) in [6.45, 7) is 4.37. The molecule has 0 bridgehead atoms. The van der Waals surface area contributed by atoms with Crippen LogP contribution in [0.15, 0.2) is 200 Å². The van der Waals surface area contributed by atoms with Crippen LogP contribution in [0.5, 0.6) is 0 Å². The van der Waals surface area contributed by atoms with E-state index in [1.165, 1.54) is 55.5 Å². The van der Waals surface area contributed by atoms with Crippen LogP contribution in [-0.4, -0.2) is 0 Å². The number of hydrogen-bond acceptors (Lipinski definition) is 2. The minimum Gasteiger partial charge on any atom is -0.309 e. The predicted octanol–water partition coefficient (Wildman–Crippen LogP) is 14.7. The zero-order chi connectivity index (χ0) is 38.1. The lowest BCUT2D eigenvalue weighted by Crippen LogP contribution is -2.13. The second kappa shape index (κ2) is 16.9. The number of fused-ring (bicyclic) bond motifs is 1. The monoisotopic (exact) mass is 720 g/mol. The molecule has 0 spiro atoms. The Kier molecular flexibility index (Phi) is 10.9. The minimum atomic E-state index is 0.943. The van der Waals surface area contributed by atoms with Gasteiger partial charge in [-0.1, -0.05) is 164 Å². The lowest BCUT2D eigenvalue weighted by Gasteiger charge is -2.29. The molecule has 0 aromatic heterocycles. The Bertz CT molecular complexity index is 2540. The fourth-order valence-electron chi connectivity index (χ4n) is 7.42. The molecule has 0 heterocycles. The van der Waals surface area contributed by atoms with E-state index in [0.717, 1.165) is 35.5 Å². The fourth-order valence-corrected chi connectivity index (χ4v) is 7.42. The van der Waals surface area contributed by atoms with Gasteiger partial charge >= 0.3 is 0 Å². The van der Waals surface area contributed by atoms with Crippen LogP contribution >= 0.6 is 0 Å². The van der Waals surface area contributed by atoms with Gasteiger partial charge in [0.25, 0.3) is 0 Å². The summed E-state index contributed by atoms with van der Waals surface area (Å²) < 4.78 is 0. The summed E-state index contributed by atoms with van der Waals surface area (Å²) in [6.07, 6.45) is 19.6. The Morgan fingerprint density at radius 3 is 1.96 bits per heavy atom. The third-order valence-corrected chi connectivity index (χ3v) is 10.3. The Morgan fingerprint density at radius 1 is 0.607 bits per heavy atom. The zero-order valence-electron chi connectivity index (χ0n) is 31.9. The van der Waals surface area contributed by atoms with E-state index in [1.54, 1.807) is 0 Å². The number of benzene rings is 6. The van der Waals surface area contributed by atoms with E-state index in [2.05, 4.69) is 230 Å². The topological polar surface area (TPSA) is 6.48 Å². The van der Waals surface area contributed by atoms with Gasteiger partial charge in [-0.25, -0.2) is 0 Å². The first-order valence-corrected chi connectivity index (χ1v) is 19.3. The number of anilines is 5. The smallest absolute Gasteiger partial charge is 0.0968 e. The van der Waals surface area contributed by atoms with Crippen molar-refractivity contribution in [3.8, 4) is 0 Å². The number of hydrogen-bond donors (Lipinski definition) is 0. The molecule has 0 unspecified atom stereocenters. The highest BCUT2D eigenvalue weighted by Gasteiger charge is 2.19. The lowest BCUT2D eigenvalue weighted by atomic mass is 9.92. The molecule has 56 heavy (non-hydrogen) atoms. The van der Waals surface area contributed by atoms with Gasteiger partial charge < -0.3 is 9.80 Å². The van der Waals surface area contributed by atoms with Gasteiger partial charge in [0, 0.05) is 34.2 Å². The molecule has 2 nitrogen and oxygen atoms in total. The molecular weight excluding hydrogens is 677 g/mol. The van der Waals surface area contributed by atoms with Crippen LogP contribution in [0.3, 0.4) is 0 Å². The van der Waals surface area contributed by atoms with E-state index in [4.69, 9.17) is 0 Å². The van der Waals surface area contributed by atoms with Crippen LogP contribution in [0, 0.1) is 26.0 Å². The lowest BCUT2D eigenvalue weighted by molar-refractivity contribution is 0.994. The van der Waals surface area contributed by atoms with Crippen LogP contribution in [0.4, 0.5) is 28.4 Å². The number of allylic oxidation sites excluding steroid dienone is 7. The third kappa shape index (κ3) is 7.90. The first kappa shape index (κ1) is 35.9. The molecule has 1 aliphatic carbocycles. The van der Waals surface area contributed by atoms with Gasteiger partial charge in [-0.3, -0.25) is 0 Å². The SMILES string of the molecule is Cc1ccccc1N(c1ccccc1C)c1ccc(/C=C/C=C/c2ccc(N(/C=C(\C3=CC=CCC3)c3ccccc3)c3c#cccc3)cc2)c2ccccc12. The van der Waals surface area contributed by atoms with Crippen molar-refractivity contribution < 1.29 is 0 Å². The zero-order valence-corrected chi connectivity index (χ0v) is 31.9. The molecule has 0 saturated heterocycles. The van der Waals surface area contributed by atoms with Gasteiger partial charge in [-0.15, -0.1) is 0 Å². The number of para-hydroxylation sites is 2. The molecule has 8 rings (SSSR count). The van der Waals surface area contributed by atoms with Gasteiger partial charge in [-0.05, 0) is 114 Å². The van der Waals surface area contributed by atoms with E-state index >= 15 is 0 Å². The predicted molar refractivity (Wildman–Crippen MR) is 240 cm³/mol. The van der Waals surface area contributed by atoms with Crippen molar-refractivity contribution in [2.45, 2.75) is 26.7 Å². The normalized spacial score (nSPS) is 12.9. The van der Waals surface area contributed by atoms with Crippen molar-refractivity contribution in [1.29, 1.82) is 0 Å². The first-order chi connectivity index (χ1) is 27.6. The van der Waals surface area contributed by atoms with Crippen molar-refractivity contribution in [3.63, 3.8) is 0 Å². The summed E-state index contributed by atoms with van der Waals surface area (Å²) in [7, 11) is 0. The van der Waals surface area contributed by atoms with Crippen LogP contribution in [0.2, 0.25) is 0 Å². The minimum absolute atomic E-state index is 0.943. The Hall–Kier alpha value is -7.08. The van der Waals surface area contributed by atoms with Crippen LogP contribution in [0.1, 0.15) is 40.7 Å². The summed E-state index contributed by atoms with van der Waals surface area (Å²) in [5, 5.41) is 2.42. The molecule has 0 atom stereocenters. The molecule has 0 fully saturated rings. The molecule has 270 valence electrons. The summed E-state index contributed by atoms with van der Waals surface area (Å²) in [4.78, 5) is 4.63. The van der Waals surface area contributed by atoms with E-state index < -0.39 is 0 Å². The first-order valence-electron chi connectivity index (χ1n) is 19.3. The van der Waals surface area contributed by atoms with Gasteiger partial charge in [0.1, 0.15) is 0 Å². The molecule has 0 radical (unpaired) electrons. The maximum absolute atomic E-state index is 3.34. The average Bonchev–Trinajstić information content (AvgIpc) is 3.26. The Balaban J connectivity index is 1.08. The number of rotatable bonds is 11. The molecule has 0 saturated carbocycles. The number of aryl methyl sites for hydroxylation is 2. The Morgan fingerprint density at radius 2 is 1.29 bits per heavy atom. The van der Waals surface area contributed by atoms with Crippen LogP contribution in [-0.2, 0) is 0 Å². The highest BCUT2D eigenvalue weighted by atomic mass is 15.1. The third-order valence-electron chi connectivity index (χ3n) is 10.3. The maximum Gasteiger partial charge on any atom is 0.0968 e. The molecule has 0 aliphatic heterocycles. The molecular formula is C54H44N2. The second-order valence-electron chi connectivity index (χ2n) is 14.1. The average molecular weight is 721 g/mol. The molecule has 1 aliphatic rings. The molecule has 0 amide bonds. The van der Waals surface area contributed by atoms with Crippen LogP contribution in [0.25, 0.3) is 28.5 Å². The van der Waals surface area contributed by atoms with Crippen molar-refractivity contribution in [1.82, 2.24) is 0 Å². The van der Waals surface area contributed by atoms with E-state index in [9.17, 15) is 0 Å². The molecule has 2 heteroatoms. The Labute approximate surface area is 332 Å². The van der Waals surface area contributed by atoms with E-state index in [-0.39, 0.29) is 0 Å².